The first-order valence-corrected chi connectivity index (χ1v) is 11.3. The van der Waals surface area contributed by atoms with Crippen molar-refractivity contribution in [1.82, 2.24) is 0 Å². The molecule has 10 heteroatoms. The zero-order valence-corrected chi connectivity index (χ0v) is 19.0. The molecule has 6 nitrogen and oxygen atoms in total. The van der Waals surface area contributed by atoms with E-state index in [2.05, 4.69) is 4.90 Å². The fourth-order valence-electron chi connectivity index (χ4n) is 4.51. The largest absolute Gasteiger partial charge is 0.480 e. The van der Waals surface area contributed by atoms with Gasteiger partial charge in [0.2, 0.25) is 0 Å². The number of hydrogen-bond acceptors (Lipinski definition) is 5. The first kappa shape index (κ1) is 26.1. The van der Waals surface area contributed by atoms with Crippen LogP contribution in [0.2, 0.25) is 6.32 Å². The molecule has 1 aliphatic carbocycles. The molecule has 0 radical (unpaired) electrons. The molecular weight excluding hydrogens is 448 g/mol. The lowest BCUT2D eigenvalue weighted by atomic mass is 9.65. The first-order valence-electron chi connectivity index (χ1n) is 11.3. The summed E-state index contributed by atoms with van der Waals surface area (Å²) in [6.07, 6.45) is -1.65. The van der Waals surface area contributed by atoms with Crippen LogP contribution in [0, 0.1) is 5.92 Å². The van der Waals surface area contributed by atoms with E-state index in [1.54, 1.807) is 0 Å². The standard InChI is InChI=1S/C24H30BF3N2O4/c1-30(21-14-19(15-21)23(29,22(31)32)12-2-3-13-25(33)34)20-10-6-17(7-11-20)16-4-8-18(9-5-16)24(26,27)28/h4-11,19,21,33-34H,2-3,12-15,29H2,1H3,(H,31,32)/t19?,21?,23-/m0/s1. The van der Waals surface area contributed by atoms with Crippen LogP contribution < -0.4 is 10.6 Å². The molecular formula is C24H30BF3N2O4. The van der Waals surface area contributed by atoms with E-state index in [1.807, 2.05) is 31.3 Å². The van der Waals surface area contributed by atoms with E-state index in [0.29, 0.717) is 31.2 Å². The summed E-state index contributed by atoms with van der Waals surface area (Å²) in [5.74, 6) is -1.22. The molecule has 0 heterocycles. The molecule has 2 aromatic carbocycles. The van der Waals surface area contributed by atoms with Crippen LogP contribution in [0.15, 0.2) is 48.5 Å². The summed E-state index contributed by atoms with van der Waals surface area (Å²) in [5.41, 5.74) is 6.66. The lowest BCUT2D eigenvalue weighted by molar-refractivity contribution is -0.148. The average Bonchev–Trinajstić information content (AvgIpc) is 2.75. The third kappa shape index (κ3) is 5.92. The average molecular weight is 478 g/mol. The van der Waals surface area contributed by atoms with Crippen LogP contribution in [0.5, 0.6) is 0 Å². The van der Waals surface area contributed by atoms with Crippen molar-refractivity contribution < 1.29 is 33.1 Å². The Morgan fingerprint density at radius 2 is 1.56 bits per heavy atom. The van der Waals surface area contributed by atoms with Crippen molar-refractivity contribution in [2.45, 2.75) is 56.2 Å². The van der Waals surface area contributed by atoms with Crippen LogP contribution in [0.25, 0.3) is 11.1 Å². The fourth-order valence-corrected chi connectivity index (χ4v) is 4.51. The Hall–Kier alpha value is -2.56. The van der Waals surface area contributed by atoms with Gasteiger partial charge in [0.25, 0.3) is 0 Å². The first-order chi connectivity index (χ1) is 15.9. The SMILES string of the molecule is CN(c1ccc(-c2ccc(C(F)(F)F)cc2)cc1)C1CC([C@@](N)(CCCCB(O)O)C(=O)O)C1. The summed E-state index contributed by atoms with van der Waals surface area (Å²) in [7, 11) is 0.527. The van der Waals surface area contributed by atoms with Gasteiger partial charge in [0.05, 0.1) is 5.56 Å². The Morgan fingerprint density at radius 1 is 1.03 bits per heavy atom. The minimum Gasteiger partial charge on any atom is -0.480 e. The summed E-state index contributed by atoms with van der Waals surface area (Å²) >= 11 is 0. The van der Waals surface area contributed by atoms with Crippen molar-refractivity contribution in [2.24, 2.45) is 11.7 Å². The van der Waals surface area contributed by atoms with Crippen molar-refractivity contribution >= 4 is 18.8 Å². The summed E-state index contributed by atoms with van der Waals surface area (Å²) < 4.78 is 38.3. The number of anilines is 1. The van der Waals surface area contributed by atoms with Gasteiger partial charge in [-0.25, -0.2) is 0 Å². The van der Waals surface area contributed by atoms with Crippen molar-refractivity contribution in [2.75, 3.05) is 11.9 Å². The molecule has 0 spiro atoms. The van der Waals surface area contributed by atoms with E-state index < -0.39 is 30.4 Å². The van der Waals surface area contributed by atoms with Gasteiger partial charge in [0.15, 0.2) is 0 Å². The molecule has 0 aliphatic heterocycles. The number of nitrogens with zero attached hydrogens (tertiary/aromatic N) is 1. The van der Waals surface area contributed by atoms with Gasteiger partial charge >= 0.3 is 19.3 Å². The van der Waals surface area contributed by atoms with Crippen LogP contribution in [0.4, 0.5) is 18.9 Å². The predicted molar refractivity (Wildman–Crippen MR) is 125 cm³/mol. The number of alkyl halides is 3. The maximum absolute atomic E-state index is 12.8. The third-order valence-corrected chi connectivity index (χ3v) is 6.91. The van der Waals surface area contributed by atoms with E-state index in [-0.39, 0.29) is 24.7 Å². The highest BCUT2D eigenvalue weighted by Gasteiger charge is 2.49. The number of carboxylic acids is 1. The van der Waals surface area contributed by atoms with E-state index in [9.17, 15) is 23.1 Å². The van der Waals surface area contributed by atoms with Gasteiger partial charge in [-0.3, -0.25) is 4.79 Å². The monoisotopic (exact) mass is 478 g/mol. The summed E-state index contributed by atoms with van der Waals surface area (Å²) in [6.45, 7) is 0. The minimum absolute atomic E-state index is 0.128. The maximum Gasteiger partial charge on any atom is 0.451 e. The summed E-state index contributed by atoms with van der Waals surface area (Å²) in [6, 6.07) is 12.7. The van der Waals surface area contributed by atoms with Crippen LogP contribution in [0.3, 0.4) is 0 Å². The highest BCUT2D eigenvalue weighted by atomic mass is 19.4. The fraction of sp³-hybridized carbons (Fsp3) is 0.458. The maximum atomic E-state index is 12.8. The highest BCUT2D eigenvalue weighted by Crippen LogP contribution is 2.42. The number of unbranched alkanes of at least 4 members (excludes halogenated alkanes) is 1. The highest BCUT2D eigenvalue weighted by molar-refractivity contribution is 6.40. The van der Waals surface area contributed by atoms with E-state index in [0.717, 1.165) is 23.4 Å². The zero-order chi connectivity index (χ0) is 25.1. The van der Waals surface area contributed by atoms with E-state index in [1.165, 1.54) is 12.1 Å². The van der Waals surface area contributed by atoms with Crippen molar-refractivity contribution in [3.05, 3.63) is 54.1 Å². The number of nitrogens with two attached hydrogens (primary N) is 1. The van der Waals surface area contributed by atoms with Gasteiger partial charge in [-0.2, -0.15) is 13.2 Å². The number of carboxylic acid groups (broad SMARTS) is 1. The number of carbonyl (C=O) groups is 1. The smallest absolute Gasteiger partial charge is 0.451 e. The quantitative estimate of drug-likeness (QED) is 0.304. The molecule has 1 aliphatic rings. The van der Waals surface area contributed by atoms with E-state index in [4.69, 9.17) is 15.8 Å². The topological polar surface area (TPSA) is 107 Å². The van der Waals surface area contributed by atoms with Crippen molar-refractivity contribution in [1.29, 1.82) is 0 Å². The van der Waals surface area contributed by atoms with Crippen LogP contribution in [0.1, 0.15) is 37.7 Å². The molecule has 0 saturated heterocycles. The Labute approximate surface area is 197 Å². The molecule has 0 unspecified atom stereocenters. The number of rotatable bonds is 10. The number of benzene rings is 2. The molecule has 0 aromatic heterocycles. The normalized spacial score (nSPS) is 19.7. The van der Waals surface area contributed by atoms with Gasteiger partial charge < -0.3 is 25.8 Å². The number of halogens is 3. The molecule has 1 saturated carbocycles. The Kier molecular flexibility index (Phi) is 7.95. The Balaban J connectivity index is 1.58. The second-order valence-corrected chi connectivity index (χ2v) is 9.13. The Bertz CT molecular complexity index is 964. The van der Waals surface area contributed by atoms with Crippen LogP contribution in [-0.4, -0.2) is 46.9 Å². The molecule has 0 amide bonds. The molecule has 2 aromatic rings. The number of hydrogen-bond donors (Lipinski definition) is 4. The zero-order valence-electron chi connectivity index (χ0n) is 19.0. The molecule has 5 N–H and O–H groups in total. The lowest BCUT2D eigenvalue weighted by Crippen LogP contribution is -2.61. The van der Waals surface area contributed by atoms with Crippen LogP contribution in [-0.2, 0) is 11.0 Å². The van der Waals surface area contributed by atoms with Gasteiger partial charge in [-0.1, -0.05) is 37.1 Å². The van der Waals surface area contributed by atoms with Crippen molar-refractivity contribution in [3.8, 4) is 11.1 Å². The second-order valence-electron chi connectivity index (χ2n) is 9.13. The van der Waals surface area contributed by atoms with E-state index >= 15 is 0 Å². The Morgan fingerprint density at radius 3 is 2.03 bits per heavy atom. The summed E-state index contributed by atoms with van der Waals surface area (Å²) in [5, 5.41) is 27.6. The van der Waals surface area contributed by atoms with Gasteiger partial charge in [-0.05, 0) is 66.9 Å². The minimum atomic E-state index is -4.37. The van der Waals surface area contributed by atoms with Gasteiger partial charge in [0.1, 0.15) is 5.54 Å². The molecule has 1 atom stereocenters. The van der Waals surface area contributed by atoms with Crippen molar-refractivity contribution in [3.63, 3.8) is 0 Å². The van der Waals surface area contributed by atoms with Gasteiger partial charge in [-0.15, -0.1) is 0 Å². The molecule has 184 valence electrons. The summed E-state index contributed by atoms with van der Waals surface area (Å²) in [4.78, 5) is 13.9. The molecule has 1 fully saturated rings. The molecule has 3 rings (SSSR count). The lowest BCUT2D eigenvalue weighted by Gasteiger charge is -2.48. The number of aliphatic carboxylic acids is 1. The predicted octanol–water partition coefficient (Wildman–Crippen LogP) is 4.01. The third-order valence-electron chi connectivity index (χ3n) is 6.91. The molecule has 34 heavy (non-hydrogen) atoms. The molecule has 0 bridgehead atoms. The second kappa shape index (κ2) is 10.4. The van der Waals surface area contributed by atoms with Gasteiger partial charge in [0, 0.05) is 18.8 Å². The van der Waals surface area contributed by atoms with Crippen LogP contribution >= 0.6 is 0 Å².